The van der Waals surface area contributed by atoms with E-state index in [0.717, 1.165) is 0 Å². The highest BCUT2D eigenvalue weighted by molar-refractivity contribution is 6.15. The fraction of sp³-hybridized carbons (Fsp3) is 0.172. The highest BCUT2D eigenvalue weighted by Crippen LogP contribution is 2.36. The van der Waals surface area contributed by atoms with E-state index in [4.69, 9.17) is 0 Å². The molecule has 0 aromatic heterocycles. The van der Waals surface area contributed by atoms with Crippen molar-refractivity contribution in [2.24, 2.45) is 10.4 Å². The van der Waals surface area contributed by atoms with E-state index in [0.29, 0.717) is 41.0 Å². The molecule has 7 heteroatoms. The second-order valence-corrected chi connectivity index (χ2v) is 9.20. The number of para-hydroxylation sites is 1. The topological polar surface area (TPSA) is 108 Å². The van der Waals surface area contributed by atoms with Crippen molar-refractivity contribution in [1.82, 2.24) is 0 Å². The zero-order valence-corrected chi connectivity index (χ0v) is 20.1. The van der Waals surface area contributed by atoms with Crippen LogP contribution < -0.4 is 10.6 Å². The summed E-state index contributed by atoms with van der Waals surface area (Å²) in [5.74, 6) is -0.815. The molecule has 3 aromatic rings. The van der Waals surface area contributed by atoms with Gasteiger partial charge in [-0.15, -0.1) is 0 Å². The second-order valence-electron chi connectivity index (χ2n) is 9.20. The molecule has 36 heavy (non-hydrogen) atoms. The SMILES string of the molecule is CC1(C)CCC(=O)C(C=Nc2cccc(NC(=O)c3ccccc3NC(=O)c3ccccc3)c2)=C1O. The first-order chi connectivity index (χ1) is 17.2. The molecule has 3 aromatic carbocycles. The van der Waals surface area contributed by atoms with Crippen molar-refractivity contribution in [1.29, 1.82) is 0 Å². The van der Waals surface area contributed by atoms with Crippen molar-refractivity contribution in [3.8, 4) is 0 Å². The van der Waals surface area contributed by atoms with Gasteiger partial charge in [-0.1, -0.05) is 50.2 Å². The minimum absolute atomic E-state index is 0.0427. The summed E-state index contributed by atoms with van der Waals surface area (Å²) in [6.07, 6.45) is 2.33. The lowest BCUT2D eigenvalue weighted by Crippen LogP contribution is -2.26. The van der Waals surface area contributed by atoms with Crippen LogP contribution in [0.3, 0.4) is 0 Å². The summed E-state index contributed by atoms with van der Waals surface area (Å²) in [5.41, 5.74) is 1.92. The molecule has 0 aliphatic heterocycles. The first kappa shape index (κ1) is 24.6. The minimum Gasteiger partial charge on any atom is -0.511 e. The molecule has 0 bridgehead atoms. The zero-order chi connectivity index (χ0) is 25.7. The Bertz CT molecular complexity index is 1370. The van der Waals surface area contributed by atoms with Crippen LogP contribution in [-0.2, 0) is 4.79 Å². The van der Waals surface area contributed by atoms with Crippen molar-refractivity contribution in [2.45, 2.75) is 26.7 Å². The molecule has 2 amide bonds. The Morgan fingerprint density at radius 2 is 1.64 bits per heavy atom. The number of carbonyl (C=O) groups is 3. The van der Waals surface area contributed by atoms with E-state index >= 15 is 0 Å². The number of aliphatic imine (C=N–C) groups is 1. The molecular formula is C29H27N3O4. The van der Waals surface area contributed by atoms with Gasteiger partial charge in [-0.05, 0) is 48.9 Å². The standard InChI is InChI=1S/C29H27N3O4/c1-29(2)16-15-25(33)23(26(29)34)18-30-20-11-8-12-21(17-20)31-28(36)22-13-6-7-14-24(22)32-27(35)19-9-4-3-5-10-19/h3-14,17-18,34H,15-16H2,1-2H3,(H,31,36)(H,32,35). The van der Waals surface area contributed by atoms with Gasteiger partial charge in [0.05, 0.1) is 22.5 Å². The minimum atomic E-state index is -0.478. The molecule has 0 fully saturated rings. The van der Waals surface area contributed by atoms with Gasteiger partial charge in [0.15, 0.2) is 5.78 Å². The number of carbonyl (C=O) groups excluding carboxylic acids is 3. The number of Topliss-reactive ketones (excluding diaryl/α,β-unsaturated/α-hetero) is 1. The number of amides is 2. The molecule has 0 heterocycles. The third-order valence-electron chi connectivity index (χ3n) is 6.08. The molecule has 0 unspecified atom stereocenters. The van der Waals surface area contributed by atoms with Crippen LogP contribution in [0.5, 0.6) is 0 Å². The molecule has 182 valence electrons. The van der Waals surface area contributed by atoms with Gasteiger partial charge < -0.3 is 15.7 Å². The molecule has 0 saturated heterocycles. The number of nitrogens with zero attached hydrogens (tertiary/aromatic N) is 1. The maximum absolute atomic E-state index is 13.0. The number of nitrogens with one attached hydrogen (secondary N) is 2. The van der Waals surface area contributed by atoms with Crippen LogP contribution in [0.2, 0.25) is 0 Å². The van der Waals surface area contributed by atoms with Gasteiger partial charge in [0, 0.05) is 29.3 Å². The molecule has 0 spiro atoms. The van der Waals surface area contributed by atoms with E-state index in [-0.39, 0.29) is 23.0 Å². The monoisotopic (exact) mass is 481 g/mol. The van der Waals surface area contributed by atoms with Gasteiger partial charge in [0.1, 0.15) is 5.76 Å². The maximum Gasteiger partial charge on any atom is 0.257 e. The summed E-state index contributed by atoms with van der Waals surface area (Å²) in [7, 11) is 0. The second kappa shape index (κ2) is 10.4. The van der Waals surface area contributed by atoms with Crippen molar-refractivity contribution >= 4 is 40.9 Å². The van der Waals surface area contributed by atoms with Gasteiger partial charge in [0.25, 0.3) is 11.8 Å². The van der Waals surface area contributed by atoms with E-state index in [2.05, 4.69) is 15.6 Å². The molecular weight excluding hydrogens is 454 g/mol. The average molecular weight is 482 g/mol. The Labute approximate surface area is 209 Å². The molecule has 1 aliphatic carbocycles. The maximum atomic E-state index is 13.0. The zero-order valence-electron chi connectivity index (χ0n) is 20.1. The van der Waals surface area contributed by atoms with Crippen LogP contribution in [0.1, 0.15) is 47.4 Å². The lowest BCUT2D eigenvalue weighted by molar-refractivity contribution is -0.116. The predicted molar refractivity (Wildman–Crippen MR) is 141 cm³/mol. The highest BCUT2D eigenvalue weighted by Gasteiger charge is 2.33. The van der Waals surface area contributed by atoms with E-state index in [1.165, 1.54) is 6.21 Å². The molecule has 4 rings (SSSR count). The average Bonchev–Trinajstić information content (AvgIpc) is 2.88. The molecule has 7 nitrogen and oxygen atoms in total. The number of allylic oxidation sites excluding steroid dienone is 2. The van der Waals surface area contributed by atoms with Crippen LogP contribution >= 0.6 is 0 Å². The third-order valence-corrected chi connectivity index (χ3v) is 6.08. The quantitative estimate of drug-likeness (QED) is 0.370. The fourth-order valence-electron chi connectivity index (χ4n) is 3.88. The molecule has 3 N–H and O–H groups in total. The summed E-state index contributed by atoms with van der Waals surface area (Å²) >= 11 is 0. The summed E-state index contributed by atoms with van der Waals surface area (Å²) in [5, 5.41) is 16.1. The van der Waals surface area contributed by atoms with Crippen LogP contribution in [0, 0.1) is 5.41 Å². The Morgan fingerprint density at radius 3 is 2.42 bits per heavy atom. The Hall–Kier alpha value is -4.52. The lowest BCUT2D eigenvalue weighted by atomic mass is 9.77. The van der Waals surface area contributed by atoms with E-state index in [1.807, 2.05) is 19.9 Å². The number of aliphatic hydroxyl groups excluding tert-OH is 1. The molecule has 1 aliphatic rings. The Morgan fingerprint density at radius 1 is 0.917 bits per heavy atom. The van der Waals surface area contributed by atoms with Crippen LogP contribution in [-0.4, -0.2) is 28.9 Å². The van der Waals surface area contributed by atoms with Crippen molar-refractivity contribution in [2.75, 3.05) is 10.6 Å². The highest BCUT2D eigenvalue weighted by atomic mass is 16.3. The Balaban J connectivity index is 1.51. The Kier molecular flexibility index (Phi) is 7.10. The van der Waals surface area contributed by atoms with Gasteiger partial charge in [-0.3, -0.25) is 19.4 Å². The number of aliphatic hydroxyl groups is 1. The predicted octanol–water partition coefficient (Wildman–Crippen LogP) is 6.09. The number of rotatable bonds is 6. The van der Waals surface area contributed by atoms with Gasteiger partial charge in [-0.2, -0.15) is 0 Å². The van der Waals surface area contributed by atoms with Crippen LogP contribution in [0.4, 0.5) is 17.1 Å². The van der Waals surface area contributed by atoms with Gasteiger partial charge in [0.2, 0.25) is 0 Å². The van der Waals surface area contributed by atoms with Crippen LogP contribution in [0.15, 0.2) is 95.2 Å². The van der Waals surface area contributed by atoms with E-state index in [9.17, 15) is 19.5 Å². The number of anilines is 2. The first-order valence-corrected chi connectivity index (χ1v) is 11.6. The first-order valence-electron chi connectivity index (χ1n) is 11.6. The molecule has 0 radical (unpaired) electrons. The number of hydrogen-bond acceptors (Lipinski definition) is 5. The molecule has 0 atom stereocenters. The van der Waals surface area contributed by atoms with Crippen molar-refractivity contribution in [3.63, 3.8) is 0 Å². The van der Waals surface area contributed by atoms with E-state index in [1.54, 1.807) is 72.8 Å². The molecule has 0 saturated carbocycles. The smallest absolute Gasteiger partial charge is 0.257 e. The van der Waals surface area contributed by atoms with Gasteiger partial charge >= 0.3 is 0 Å². The third kappa shape index (κ3) is 5.58. The summed E-state index contributed by atoms with van der Waals surface area (Å²) in [6.45, 7) is 3.78. The van der Waals surface area contributed by atoms with Crippen molar-refractivity contribution < 1.29 is 19.5 Å². The van der Waals surface area contributed by atoms with Crippen molar-refractivity contribution in [3.05, 3.63) is 101 Å². The van der Waals surface area contributed by atoms with Crippen LogP contribution in [0.25, 0.3) is 0 Å². The van der Waals surface area contributed by atoms with Gasteiger partial charge in [-0.25, -0.2) is 0 Å². The number of benzene rings is 3. The normalized spacial score (nSPS) is 15.1. The lowest BCUT2D eigenvalue weighted by Gasteiger charge is -2.29. The number of hydrogen-bond donors (Lipinski definition) is 3. The summed E-state index contributed by atoms with van der Waals surface area (Å²) in [4.78, 5) is 42.3. The number of ketones is 1. The fourth-order valence-corrected chi connectivity index (χ4v) is 3.88. The summed E-state index contributed by atoms with van der Waals surface area (Å²) in [6, 6.07) is 22.3. The summed E-state index contributed by atoms with van der Waals surface area (Å²) < 4.78 is 0. The largest absolute Gasteiger partial charge is 0.511 e. The van der Waals surface area contributed by atoms with E-state index < -0.39 is 11.3 Å².